The fourth-order valence-electron chi connectivity index (χ4n) is 2.21. The van der Waals surface area contributed by atoms with Gasteiger partial charge in [-0.15, -0.1) is 0 Å². The van der Waals surface area contributed by atoms with Crippen LogP contribution in [0.15, 0.2) is 30.6 Å². The Morgan fingerprint density at radius 2 is 1.88 bits per heavy atom. The van der Waals surface area contributed by atoms with Crippen LogP contribution in [0.2, 0.25) is 0 Å². The van der Waals surface area contributed by atoms with Crippen molar-refractivity contribution < 1.29 is 21.6 Å². The third kappa shape index (κ3) is 4.92. The first-order chi connectivity index (χ1) is 11.3. The fraction of sp³-hybridized carbons (Fsp3) is 0.500. The molecule has 2 aromatic heterocycles. The van der Waals surface area contributed by atoms with Gasteiger partial charge < -0.3 is 9.72 Å². The van der Waals surface area contributed by atoms with Gasteiger partial charge in [0.15, 0.2) is 0 Å². The van der Waals surface area contributed by atoms with Crippen molar-refractivity contribution in [3.8, 4) is 0 Å². The lowest BCUT2D eigenvalue weighted by atomic mass is 10.2. The van der Waals surface area contributed by atoms with E-state index in [1.807, 2.05) is 28.8 Å². The van der Waals surface area contributed by atoms with Gasteiger partial charge in [-0.2, -0.15) is 13.2 Å². The molecule has 0 fully saturated rings. The zero-order valence-corrected chi connectivity index (χ0v) is 13.7. The Morgan fingerprint density at radius 1 is 1.12 bits per heavy atom. The number of fused-ring (bicyclic) bond motifs is 1. The van der Waals surface area contributed by atoms with Crippen LogP contribution >= 0.6 is 0 Å². The van der Waals surface area contributed by atoms with E-state index in [0.717, 1.165) is 17.8 Å². The average Bonchev–Trinajstić information content (AvgIpc) is 2.98. The second-order valence-electron chi connectivity index (χ2n) is 5.25. The topological polar surface area (TPSA) is 75.5 Å². The SMILES string of the molecule is O=S(=O)(NCCCCCNCc1cccc2nccn12)C(F)(F)F. The Kier molecular flexibility index (Phi) is 6.19. The van der Waals surface area contributed by atoms with Gasteiger partial charge in [0.2, 0.25) is 0 Å². The van der Waals surface area contributed by atoms with Crippen LogP contribution in [0.3, 0.4) is 0 Å². The smallest absolute Gasteiger partial charge is 0.311 e. The summed E-state index contributed by atoms with van der Waals surface area (Å²) in [7, 11) is -5.22. The Balaban J connectivity index is 1.60. The number of rotatable bonds is 9. The summed E-state index contributed by atoms with van der Waals surface area (Å²) in [6, 6.07) is 5.81. The van der Waals surface area contributed by atoms with Crippen LogP contribution in [0, 0.1) is 0 Å². The minimum atomic E-state index is -5.25. The van der Waals surface area contributed by atoms with Crippen LogP contribution in [-0.4, -0.2) is 36.4 Å². The lowest BCUT2D eigenvalue weighted by molar-refractivity contribution is -0.0447. The monoisotopic (exact) mass is 364 g/mol. The Bertz CT molecular complexity index is 759. The molecule has 0 aliphatic carbocycles. The molecule has 6 nitrogen and oxygen atoms in total. The van der Waals surface area contributed by atoms with Gasteiger partial charge in [-0.1, -0.05) is 12.5 Å². The number of sulfonamides is 1. The van der Waals surface area contributed by atoms with Crippen LogP contribution < -0.4 is 10.0 Å². The van der Waals surface area contributed by atoms with E-state index in [4.69, 9.17) is 0 Å². The van der Waals surface area contributed by atoms with Crippen molar-refractivity contribution in [3.05, 3.63) is 36.3 Å². The van der Waals surface area contributed by atoms with E-state index in [1.54, 1.807) is 10.9 Å². The first-order valence-corrected chi connectivity index (χ1v) is 8.97. The van der Waals surface area contributed by atoms with Gasteiger partial charge >= 0.3 is 15.5 Å². The van der Waals surface area contributed by atoms with E-state index >= 15 is 0 Å². The number of hydrogen-bond acceptors (Lipinski definition) is 4. The fourth-order valence-corrected chi connectivity index (χ4v) is 2.78. The molecule has 2 aromatic rings. The van der Waals surface area contributed by atoms with E-state index in [1.165, 1.54) is 0 Å². The molecule has 0 spiro atoms. The highest BCUT2D eigenvalue weighted by atomic mass is 32.2. The molecule has 24 heavy (non-hydrogen) atoms. The molecule has 2 N–H and O–H groups in total. The highest BCUT2D eigenvalue weighted by Crippen LogP contribution is 2.21. The second-order valence-corrected chi connectivity index (χ2v) is 7.01. The van der Waals surface area contributed by atoms with E-state index < -0.39 is 15.5 Å². The Morgan fingerprint density at radius 3 is 2.62 bits per heavy atom. The summed E-state index contributed by atoms with van der Waals surface area (Å²) < 4.78 is 61.3. The third-order valence-electron chi connectivity index (χ3n) is 3.45. The van der Waals surface area contributed by atoms with Crippen molar-refractivity contribution in [1.82, 2.24) is 19.4 Å². The van der Waals surface area contributed by atoms with Crippen LogP contribution in [-0.2, 0) is 16.6 Å². The van der Waals surface area contributed by atoms with Gasteiger partial charge in [-0.25, -0.2) is 18.1 Å². The predicted molar refractivity (Wildman–Crippen MR) is 83.7 cm³/mol. The summed E-state index contributed by atoms with van der Waals surface area (Å²) in [6.45, 7) is 1.13. The molecule has 0 saturated carbocycles. The number of pyridine rings is 1. The number of hydrogen-bond donors (Lipinski definition) is 2. The van der Waals surface area contributed by atoms with Crippen LogP contribution in [0.5, 0.6) is 0 Å². The molecule has 0 saturated heterocycles. The number of halogens is 3. The van der Waals surface area contributed by atoms with Crippen molar-refractivity contribution in [2.75, 3.05) is 13.1 Å². The molecule has 0 atom stereocenters. The molecule has 2 heterocycles. The third-order valence-corrected chi connectivity index (χ3v) is 4.64. The molecular weight excluding hydrogens is 345 g/mol. The second kappa shape index (κ2) is 7.95. The molecule has 10 heteroatoms. The normalized spacial score (nSPS) is 12.8. The number of nitrogens with one attached hydrogen (secondary N) is 2. The van der Waals surface area contributed by atoms with E-state index in [2.05, 4.69) is 10.3 Å². The molecular formula is C14H19F3N4O2S. The van der Waals surface area contributed by atoms with Gasteiger partial charge in [0, 0.05) is 31.2 Å². The molecule has 0 aliphatic rings. The van der Waals surface area contributed by atoms with E-state index in [0.29, 0.717) is 25.9 Å². The van der Waals surface area contributed by atoms with Gasteiger partial charge in [0.25, 0.3) is 0 Å². The standard InChI is InChI=1S/C14H19F3N4O2S/c15-14(16,17)24(22,23)20-8-3-1-2-7-18-11-12-5-4-6-13-19-9-10-21(12)13/h4-6,9-10,18,20H,1-3,7-8,11H2. The molecule has 134 valence electrons. The molecule has 0 radical (unpaired) electrons. The van der Waals surface area contributed by atoms with Gasteiger partial charge in [-0.3, -0.25) is 0 Å². The van der Waals surface area contributed by atoms with Crippen molar-refractivity contribution in [3.63, 3.8) is 0 Å². The molecule has 0 bridgehead atoms. The van der Waals surface area contributed by atoms with Crippen LogP contribution in [0.25, 0.3) is 5.65 Å². The van der Waals surface area contributed by atoms with Gasteiger partial charge in [0.05, 0.1) is 0 Å². The van der Waals surface area contributed by atoms with Crippen LogP contribution in [0.4, 0.5) is 13.2 Å². The zero-order valence-electron chi connectivity index (χ0n) is 12.9. The Hall–Kier alpha value is -1.65. The molecule has 0 aromatic carbocycles. The van der Waals surface area contributed by atoms with Crippen molar-refractivity contribution in [2.45, 2.75) is 31.3 Å². The van der Waals surface area contributed by atoms with Crippen molar-refractivity contribution in [2.24, 2.45) is 0 Å². The summed E-state index contributed by atoms with van der Waals surface area (Å²) in [4.78, 5) is 4.19. The van der Waals surface area contributed by atoms with Crippen LogP contribution in [0.1, 0.15) is 25.0 Å². The number of nitrogens with zero attached hydrogens (tertiary/aromatic N) is 2. The Labute approximate surface area is 138 Å². The highest BCUT2D eigenvalue weighted by Gasteiger charge is 2.45. The minimum absolute atomic E-state index is 0.212. The summed E-state index contributed by atoms with van der Waals surface area (Å²) in [5.41, 5.74) is -3.32. The van der Waals surface area contributed by atoms with Gasteiger partial charge in [-0.05, 0) is 31.5 Å². The summed E-state index contributed by atoms with van der Waals surface area (Å²) in [5.74, 6) is 0. The minimum Gasteiger partial charge on any atom is -0.311 e. The summed E-state index contributed by atoms with van der Waals surface area (Å²) in [5, 5.41) is 3.25. The maximum absolute atomic E-state index is 12.1. The van der Waals surface area contributed by atoms with Gasteiger partial charge in [0.1, 0.15) is 5.65 Å². The molecule has 2 rings (SSSR count). The number of imidazole rings is 1. The summed E-state index contributed by atoms with van der Waals surface area (Å²) in [6.07, 6.45) is 5.32. The molecule has 0 amide bonds. The highest BCUT2D eigenvalue weighted by molar-refractivity contribution is 7.90. The number of aromatic nitrogens is 2. The quantitative estimate of drug-likeness (QED) is 0.668. The van der Waals surface area contributed by atoms with Crippen molar-refractivity contribution in [1.29, 1.82) is 0 Å². The van der Waals surface area contributed by atoms with E-state index in [-0.39, 0.29) is 6.54 Å². The number of unbranched alkanes of at least 4 members (excludes halogenated alkanes) is 2. The zero-order chi connectivity index (χ0) is 17.6. The first kappa shape index (κ1) is 18.7. The van der Waals surface area contributed by atoms with Crippen molar-refractivity contribution >= 4 is 15.7 Å². The predicted octanol–water partition coefficient (Wildman–Crippen LogP) is 2.03. The maximum Gasteiger partial charge on any atom is 0.511 e. The summed E-state index contributed by atoms with van der Waals surface area (Å²) >= 11 is 0. The first-order valence-electron chi connectivity index (χ1n) is 7.49. The molecule has 0 aliphatic heterocycles. The number of alkyl halides is 3. The lowest BCUT2D eigenvalue weighted by Gasteiger charge is -2.09. The van der Waals surface area contributed by atoms with E-state index in [9.17, 15) is 21.6 Å². The maximum atomic E-state index is 12.1. The lowest BCUT2D eigenvalue weighted by Crippen LogP contribution is -2.36. The average molecular weight is 364 g/mol. The largest absolute Gasteiger partial charge is 0.511 e. The molecule has 0 unspecified atom stereocenters.